The monoisotopic (exact) mass is 417 g/mol. The number of aromatic nitrogens is 2. The van der Waals surface area contributed by atoms with Crippen LogP contribution in [0.3, 0.4) is 0 Å². The molecule has 0 spiro atoms. The summed E-state index contributed by atoms with van der Waals surface area (Å²) in [7, 11) is -3.73. The summed E-state index contributed by atoms with van der Waals surface area (Å²) in [6, 6.07) is 10.3. The van der Waals surface area contributed by atoms with Gasteiger partial charge in [0.1, 0.15) is 0 Å². The molecular weight excluding hydrogens is 402 g/mol. The highest BCUT2D eigenvalue weighted by Crippen LogP contribution is 2.42. The van der Waals surface area contributed by atoms with Crippen molar-refractivity contribution in [2.75, 3.05) is 6.54 Å². The predicted molar refractivity (Wildman–Crippen MR) is 107 cm³/mol. The van der Waals surface area contributed by atoms with E-state index in [0.717, 1.165) is 10.4 Å². The summed E-state index contributed by atoms with van der Waals surface area (Å²) in [5, 5.41) is 4.00. The fraction of sp³-hybridized carbons (Fsp3) is 0.167. The smallest absolute Gasteiger partial charge is 0.306 e. The maximum absolute atomic E-state index is 13.5. The molecule has 5 rings (SSSR count). The van der Waals surface area contributed by atoms with Crippen molar-refractivity contribution < 1.29 is 8.42 Å². The second-order valence-corrected chi connectivity index (χ2v) is 10.2. The van der Waals surface area contributed by atoms with Crippen molar-refractivity contribution in [3.05, 3.63) is 73.0 Å². The lowest BCUT2D eigenvalue weighted by molar-refractivity contribution is 0.350. The first kappa shape index (κ1) is 16.9. The van der Waals surface area contributed by atoms with Crippen molar-refractivity contribution >= 4 is 43.7 Å². The van der Waals surface area contributed by atoms with E-state index in [1.54, 1.807) is 39.1 Å². The Morgan fingerprint density at radius 2 is 1.89 bits per heavy atom. The number of fused-ring (bicyclic) bond motifs is 2. The van der Waals surface area contributed by atoms with Crippen molar-refractivity contribution in [1.82, 2.24) is 14.3 Å². The average Bonchev–Trinajstić information content (AvgIpc) is 3.39. The largest absolute Gasteiger partial charge is 0.323 e. The minimum atomic E-state index is -3.73. The molecule has 1 aromatic carbocycles. The van der Waals surface area contributed by atoms with E-state index in [1.807, 2.05) is 29.0 Å². The summed E-state index contributed by atoms with van der Waals surface area (Å²) in [5.74, 6) is 0. The molecular formula is C18H15N3O3S3. The summed E-state index contributed by atoms with van der Waals surface area (Å²) >= 11 is 3.24. The number of nitrogens with zero attached hydrogens (tertiary/aromatic N) is 1. The molecule has 0 aliphatic carbocycles. The summed E-state index contributed by atoms with van der Waals surface area (Å²) < 4.78 is 28.6. The lowest BCUT2D eigenvalue weighted by Crippen LogP contribution is -2.39. The van der Waals surface area contributed by atoms with E-state index in [4.69, 9.17) is 0 Å². The number of aromatic amines is 2. The maximum atomic E-state index is 13.5. The molecule has 3 aromatic heterocycles. The van der Waals surface area contributed by atoms with Crippen LogP contribution in [-0.2, 0) is 16.4 Å². The van der Waals surface area contributed by atoms with Crippen LogP contribution in [0, 0.1) is 0 Å². The van der Waals surface area contributed by atoms with Crippen molar-refractivity contribution in [3.63, 3.8) is 0 Å². The van der Waals surface area contributed by atoms with Gasteiger partial charge in [-0.1, -0.05) is 6.07 Å². The quantitative estimate of drug-likeness (QED) is 0.536. The fourth-order valence-electron chi connectivity index (χ4n) is 3.60. The van der Waals surface area contributed by atoms with Crippen molar-refractivity contribution in [3.8, 4) is 0 Å². The van der Waals surface area contributed by atoms with E-state index in [2.05, 4.69) is 9.97 Å². The van der Waals surface area contributed by atoms with Gasteiger partial charge in [-0.15, -0.1) is 22.7 Å². The third-order valence-electron chi connectivity index (χ3n) is 4.83. The zero-order chi connectivity index (χ0) is 18.6. The van der Waals surface area contributed by atoms with Crippen LogP contribution in [0.5, 0.6) is 0 Å². The molecule has 6 nitrogen and oxygen atoms in total. The average molecular weight is 418 g/mol. The Hall–Kier alpha value is -2.20. The van der Waals surface area contributed by atoms with Gasteiger partial charge in [0.25, 0.3) is 0 Å². The van der Waals surface area contributed by atoms with Gasteiger partial charge in [-0.05, 0) is 53.1 Å². The molecule has 0 amide bonds. The zero-order valence-electron chi connectivity index (χ0n) is 14.0. The Bertz CT molecular complexity index is 1280. The zero-order valence-corrected chi connectivity index (χ0v) is 16.5. The molecule has 138 valence electrons. The maximum Gasteiger partial charge on any atom is 0.323 e. The SMILES string of the molecule is O=c1[nH]c2ccc(S(=O)(=O)N3CCc4sccc4[C@@H]3c3cccs3)cc2[nH]1. The van der Waals surface area contributed by atoms with E-state index in [0.29, 0.717) is 24.0 Å². The van der Waals surface area contributed by atoms with Gasteiger partial charge in [-0.25, -0.2) is 13.2 Å². The standard InChI is InChI=1S/C18H15N3O3S3/c22-18-19-13-4-3-11(10-14(13)20-18)27(23,24)21-7-5-15-12(6-9-26-15)17(21)16-2-1-8-25-16/h1-4,6,8-10,17H,5,7H2,(H2,19,20,22)/t17-/m1/s1. The molecule has 0 saturated heterocycles. The van der Waals surface area contributed by atoms with Crippen LogP contribution in [0.25, 0.3) is 11.0 Å². The van der Waals surface area contributed by atoms with E-state index in [1.165, 1.54) is 10.9 Å². The molecule has 1 atom stereocenters. The summed E-state index contributed by atoms with van der Waals surface area (Å²) in [5.41, 5.74) is 1.79. The number of nitrogens with one attached hydrogen (secondary N) is 2. The molecule has 0 saturated carbocycles. The summed E-state index contributed by atoms with van der Waals surface area (Å²) in [6.07, 6.45) is 0.706. The molecule has 27 heavy (non-hydrogen) atoms. The van der Waals surface area contributed by atoms with Gasteiger partial charge in [0, 0.05) is 16.3 Å². The van der Waals surface area contributed by atoms with E-state index in [9.17, 15) is 13.2 Å². The predicted octanol–water partition coefficient (Wildman–Crippen LogP) is 3.32. The Kier molecular flexibility index (Phi) is 3.87. The number of thiophene rings is 2. The molecule has 9 heteroatoms. The molecule has 0 unspecified atom stereocenters. The van der Waals surface area contributed by atoms with Gasteiger partial charge in [0.15, 0.2) is 0 Å². The number of benzene rings is 1. The Morgan fingerprint density at radius 1 is 1.04 bits per heavy atom. The molecule has 0 fully saturated rings. The fourth-order valence-corrected chi connectivity index (χ4v) is 7.04. The minimum absolute atomic E-state index is 0.186. The number of imidazole rings is 1. The van der Waals surface area contributed by atoms with Crippen LogP contribution in [0.1, 0.15) is 21.4 Å². The van der Waals surface area contributed by atoms with Gasteiger partial charge in [0.05, 0.1) is 22.0 Å². The van der Waals surface area contributed by atoms with E-state index < -0.39 is 10.0 Å². The molecule has 2 N–H and O–H groups in total. The van der Waals surface area contributed by atoms with Crippen LogP contribution in [0.4, 0.5) is 0 Å². The Morgan fingerprint density at radius 3 is 2.70 bits per heavy atom. The van der Waals surface area contributed by atoms with Crippen LogP contribution < -0.4 is 5.69 Å². The summed E-state index contributed by atoms with van der Waals surface area (Å²) in [4.78, 5) is 19.2. The van der Waals surface area contributed by atoms with Crippen LogP contribution in [0.2, 0.25) is 0 Å². The molecule has 1 aliphatic heterocycles. The first-order chi connectivity index (χ1) is 13.0. The lowest BCUT2D eigenvalue weighted by Gasteiger charge is -2.34. The second kappa shape index (κ2) is 6.16. The third-order valence-corrected chi connectivity index (χ3v) is 8.61. The highest BCUT2D eigenvalue weighted by molar-refractivity contribution is 7.89. The van der Waals surface area contributed by atoms with Crippen LogP contribution >= 0.6 is 22.7 Å². The number of sulfonamides is 1. The van der Waals surface area contributed by atoms with Crippen LogP contribution in [0.15, 0.2) is 56.8 Å². The van der Waals surface area contributed by atoms with Gasteiger partial charge in [0.2, 0.25) is 10.0 Å². The molecule has 4 heterocycles. The second-order valence-electron chi connectivity index (χ2n) is 6.37. The van der Waals surface area contributed by atoms with Crippen LogP contribution in [-0.4, -0.2) is 29.2 Å². The Balaban J connectivity index is 1.65. The van der Waals surface area contributed by atoms with Crippen molar-refractivity contribution in [1.29, 1.82) is 0 Å². The lowest BCUT2D eigenvalue weighted by atomic mass is 10.0. The molecule has 1 aliphatic rings. The van der Waals surface area contributed by atoms with Gasteiger partial charge in [-0.2, -0.15) is 4.31 Å². The minimum Gasteiger partial charge on any atom is -0.306 e. The van der Waals surface area contributed by atoms with Gasteiger partial charge >= 0.3 is 5.69 Å². The van der Waals surface area contributed by atoms with Crippen molar-refractivity contribution in [2.24, 2.45) is 0 Å². The normalized spacial score (nSPS) is 18.0. The number of H-pyrrole nitrogens is 2. The highest BCUT2D eigenvalue weighted by atomic mass is 32.2. The first-order valence-electron chi connectivity index (χ1n) is 8.37. The Labute approximate surface area is 163 Å². The first-order valence-corrected chi connectivity index (χ1v) is 11.6. The van der Waals surface area contributed by atoms with Crippen molar-refractivity contribution in [2.45, 2.75) is 17.4 Å². The number of hydrogen-bond acceptors (Lipinski definition) is 5. The topological polar surface area (TPSA) is 86.0 Å². The van der Waals surface area contributed by atoms with Gasteiger partial charge in [-0.3, -0.25) is 0 Å². The number of hydrogen-bond donors (Lipinski definition) is 2. The summed E-state index contributed by atoms with van der Waals surface area (Å²) in [6.45, 7) is 0.431. The van der Waals surface area contributed by atoms with Gasteiger partial charge < -0.3 is 9.97 Å². The number of rotatable bonds is 3. The third kappa shape index (κ3) is 2.69. The molecule has 4 aromatic rings. The highest BCUT2D eigenvalue weighted by Gasteiger charge is 2.38. The van der Waals surface area contributed by atoms with E-state index >= 15 is 0 Å². The molecule has 0 bridgehead atoms. The molecule has 0 radical (unpaired) electrons. The van der Waals surface area contributed by atoms with E-state index in [-0.39, 0.29) is 16.6 Å².